The summed E-state index contributed by atoms with van der Waals surface area (Å²) in [4.78, 5) is 38.2. The maximum Gasteiger partial charge on any atom is 0.333 e. The summed E-state index contributed by atoms with van der Waals surface area (Å²) in [5.41, 5.74) is 0. The number of hydroxylamine groups is 2. The Bertz CT molecular complexity index is 290. The molecule has 1 aliphatic rings. The lowest BCUT2D eigenvalue weighted by molar-refractivity contribution is -0.197. The van der Waals surface area contributed by atoms with Crippen LogP contribution in [0.3, 0.4) is 0 Å². The van der Waals surface area contributed by atoms with Gasteiger partial charge in [0.1, 0.15) is 0 Å². The van der Waals surface area contributed by atoms with Crippen molar-refractivity contribution in [2.24, 2.45) is 0 Å². The first-order valence-electron chi connectivity index (χ1n) is 4.94. The molecule has 0 spiro atoms. The fourth-order valence-electron chi connectivity index (χ4n) is 1.25. The van der Waals surface area contributed by atoms with Crippen molar-refractivity contribution in [3.8, 4) is 0 Å². The van der Waals surface area contributed by atoms with Crippen LogP contribution in [0, 0.1) is 0 Å². The van der Waals surface area contributed by atoms with Gasteiger partial charge in [-0.2, -0.15) is 0 Å². The Hall–Kier alpha value is -0.700. The average Bonchev–Trinajstić information content (AvgIpc) is 2.49. The second kappa shape index (κ2) is 6.14. The molecule has 1 rings (SSSR count). The lowest BCUT2D eigenvalue weighted by Crippen LogP contribution is -2.32. The molecule has 0 aromatic heterocycles. The standard InChI is InChI=1S/C9H13IN2O4/c1-11(10)6-2-3-9(15)16-12-7(13)4-5-8(12)14/h2-6H2,1H3. The zero-order valence-corrected chi connectivity index (χ0v) is 11.1. The van der Waals surface area contributed by atoms with Crippen molar-refractivity contribution in [3.63, 3.8) is 0 Å². The summed E-state index contributed by atoms with van der Waals surface area (Å²) < 4.78 is 1.91. The number of imide groups is 1. The smallest absolute Gasteiger partial charge is 0.330 e. The molecular formula is C9H13IN2O4. The van der Waals surface area contributed by atoms with Gasteiger partial charge in [-0.25, -0.2) is 4.79 Å². The SMILES string of the molecule is CN(I)CCCC(=O)ON1C(=O)CCC1=O. The van der Waals surface area contributed by atoms with E-state index in [9.17, 15) is 14.4 Å². The fourth-order valence-corrected chi connectivity index (χ4v) is 1.59. The van der Waals surface area contributed by atoms with Gasteiger partial charge in [-0.1, -0.05) is 0 Å². The second-order valence-corrected chi connectivity index (χ2v) is 5.12. The van der Waals surface area contributed by atoms with E-state index in [-0.39, 0.29) is 19.3 Å². The topological polar surface area (TPSA) is 66.9 Å². The van der Waals surface area contributed by atoms with Crippen LogP contribution in [-0.4, -0.2) is 39.6 Å². The van der Waals surface area contributed by atoms with Crippen LogP contribution < -0.4 is 0 Å². The number of nitrogens with zero attached hydrogens (tertiary/aromatic N) is 2. The van der Waals surface area contributed by atoms with Crippen LogP contribution >= 0.6 is 22.9 Å². The molecular weight excluding hydrogens is 327 g/mol. The van der Waals surface area contributed by atoms with Crippen molar-refractivity contribution < 1.29 is 19.2 Å². The summed E-state index contributed by atoms with van der Waals surface area (Å²) in [7, 11) is 1.89. The van der Waals surface area contributed by atoms with Gasteiger partial charge in [-0.05, 0) is 13.5 Å². The minimum Gasteiger partial charge on any atom is -0.330 e. The van der Waals surface area contributed by atoms with Crippen LogP contribution in [0.5, 0.6) is 0 Å². The molecule has 0 aromatic rings. The van der Waals surface area contributed by atoms with E-state index in [0.717, 1.165) is 6.54 Å². The van der Waals surface area contributed by atoms with Crippen molar-refractivity contribution in [2.45, 2.75) is 25.7 Å². The van der Waals surface area contributed by atoms with Gasteiger partial charge < -0.3 is 4.84 Å². The van der Waals surface area contributed by atoms with Gasteiger partial charge in [0, 0.05) is 48.7 Å². The Labute approximate surface area is 107 Å². The minimum atomic E-state index is -0.540. The number of halogens is 1. The van der Waals surface area contributed by atoms with Gasteiger partial charge in [0.2, 0.25) is 0 Å². The predicted molar refractivity (Wildman–Crippen MR) is 63.1 cm³/mol. The number of amides is 2. The maximum absolute atomic E-state index is 11.3. The van der Waals surface area contributed by atoms with E-state index >= 15 is 0 Å². The summed E-state index contributed by atoms with van der Waals surface area (Å²) in [6.45, 7) is 0.748. The molecule has 1 saturated heterocycles. The zero-order valence-electron chi connectivity index (χ0n) is 8.94. The molecule has 2 amide bonds. The van der Waals surface area contributed by atoms with Crippen molar-refractivity contribution in [1.29, 1.82) is 0 Å². The molecule has 0 aromatic carbocycles. The highest BCUT2D eigenvalue weighted by Crippen LogP contribution is 2.13. The normalized spacial score (nSPS) is 16.1. The van der Waals surface area contributed by atoms with Crippen LogP contribution in [0.15, 0.2) is 0 Å². The Morgan fingerprint density at radius 3 is 2.50 bits per heavy atom. The van der Waals surface area contributed by atoms with Gasteiger partial charge in [-0.15, -0.1) is 5.06 Å². The average molecular weight is 340 g/mol. The molecule has 6 nitrogen and oxygen atoms in total. The maximum atomic E-state index is 11.3. The summed E-state index contributed by atoms with van der Waals surface area (Å²) in [6.07, 6.45) is 1.09. The number of hydrogen-bond donors (Lipinski definition) is 0. The quantitative estimate of drug-likeness (QED) is 0.418. The summed E-state index contributed by atoms with van der Waals surface area (Å²) in [5.74, 6) is -1.42. The molecule has 16 heavy (non-hydrogen) atoms. The molecule has 0 atom stereocenters. The summed E-state index contributed by atoms with van der Waals surface area (Å²) in [6, 6.07) is 0. The first-order chi connectivity index (χ1) is 7.50. The Morgan fingerprint density at radius 2 is 2.00 bits per heavy atom. The van der Waals surface area contributed by atoms with Crippen LogP contribution in [0.4, 0.5) is 0 Å². The van der Waals surface area contributed by atoms with Crippen LogP contribution in [0.25, 0.3) is 0 Å². The molecule has 1 heterocycles. The third-order valence-electron chi connectivity index (χ3n) is 2.05. The van der Waals surface area contributed by atoms with Crippen LogP contribution in [0.1, 0.15) is 25.7 Å². The van der Waals surface area contributed by atoms with Gasteiger partial charge in [0.25, 0.3) is 11.8 Å². The molecule has 0 unspecified atom stereocenters. The van der Waals surface area contributed by atoms with Crippen molar-refractivity contribution in [2.75, 3.05) is 13.6 Å². The lowest BCUT2D eigenvalue weighted by Gasteiger charge is -2.12. The largest absolute Gasteiger partial charge is 0.333 e. The summed E-state index contributed by atoms with van der Waals surface area (Å²) in [5, 5.41) is 0.579. The second-order valence-electron chi connectivity index (χ2n) is 3.48. The fraction of sp³-hybridized carbons (Fsp3) is 0.667. The summed E-state index contributed by atoms with van der Waals surface area (Å²) >= 11 is 2.11. The molecule has 0 radical (unpaired) electrons. The molecule has 0 bridgehead atoms. The third-order valence-corrected chi connectivity index (χ3v) is 2.53. The number of hydrogen-bond acceptors (Lipinski definition) is 5. The molecule has 0 saturated carbocycles. The van der Waals surface area contributed by atoms with Crippen molar-refractivity contribution >= 4 is 40.6 Å². The van der Waals surface area contributed by atoms with E-state index in [0.29, 0.717) is 11.5 Å². The first-order valence-corrected chi connectivity index (χ1v) is 5.90. The Morgan fingerprint density at radius 1 is 1.44 bits per heavy atom. The molecule has 1 fully saturated rings. The molecule has 7 heteroatoms. The van der Waals surface area contributed by atoms with E-state index in [1.54, 1.807) is 0 Å². The van der Waals surface area contributed by atoms with Crippen molar-refractivity contribution in [3.05, 3.63) is 0 Å². The molecule has 0 aliphatic carbocycles. The molecule has 1 aliphatic heterocycles. The van der Waals surface area contributed by atoms with Gasteiger partial charge in [0.05, 0.1) is 0 Å². The number of rotatable bonds is 5. The van der Waals surface area contributed by atoms with Crippen molar-refractivity contribution in [1.82, 2.24) is 8.18 Å². The minimum absolute atomic E-state index is 0.128. The van der Waals surface area contributed by atoms with E-state index in [1.807, 2.05) is 10.2 Å². The monoisotopic (exact) mass is 340 g/mol. The van der Waals surface area contributed by atoms with Gasteiger partial charge >= 0.3 is 5.97 Å². The first kappa shape index (κ1) is 13.4. The van der Waals surface area contributed by atoms with E-state index in [4.69, 9.17) is 4.84 Å². The van der Waals surface area contributed by atoms with E-state index in [2.05, 4.69) is 22.9 Å². The van der Waals surface area contributed by atoms with Crippen LogP contribution in [-0.2, 0) is 19.2 Å². The lowest BCUT2D eigenvalue weighted by atomic mass is 10.3. The Kier molecular flexibility index (Phi) is 5.13. The zero-order chi connectivity index (χ0) is 12.1. The molecule has 0 N–H and O–H groups in total. The van der Waals surface area contributed by atoms with Crippen LogP contribution in [0.2, 0.25) is 0 Å². The Balaban J connectivity index is 2.28. The highest BCUT2D eigenvalue weighted by atomic mass is 127. The third kappa shape index (κ3) is 4.05. The molecule has 90 valence electrons. The highest BCUT2D eigenvalue weighted by Gasteiger charge is 2.32. The van der Waals surface area contributed by atoms with E-state index < -0.39 is 17.8 Å². The van der Waals surface area contributed by atoms with Gasteiger partial charge in [0.15, 0.2) is 0 Å². The number of carbonyl (C=O) groups excluding carboxylic acids is 3. The highest BCUT2D eigenvalue weighted by molar-refractivity contribution is 14.1. The van der Waals surface area contributed by atoms with E-state index in [1.165, 1.54) is 0 Å². The van der Waals surface area contributed by atoms with Gasteiger partial charge in [-0.3, -0.25) is 12.7 Å². The number of carbonyl (C=O) groups is 3. The predicted octanol–water partition coefficient (Wildman–Crippen LogP) is 0.656.